The van der Waals surface area contributed by atoms with Gasteiger partial charge in [0.2, 0.25) is 0 Å². The Balaban J connectivity index is -0.0000000416. The van der Waals surface area contributed by atoms with Gasteiger partial charge in [0.1, 0.15) is 0 Å². The molecule has 0 amide bonds. The molecule has 0 spiro atoms. The number of aliphatic carboxylic acids is 4. The Kier molecular flexibility index (Phi) is 43.7. The van der Waals surface area contributed by atoms with Crippen molar-refractivity contribution in [2.45, 2.75) is 18.9 Å². The zero-order valence-electron chi connectivity index (χ0n) is 11.7. The SMILES string of the molecule is O=C([O-])CC(=O)[O-].O=C([O-])CC(O)C(=O)[O-].[Na+].[Na+].[Na+].[Na+]. The quantitative estimate of drug-likeness (QED) is 0.379. The predicted octanol–water partition coefficient (Wildman–Crippen LogP) is -18.9. The Morgan fingerprint density at radius 3 is 1.10 bits per heavy atom. The molecule has 0 saturated heterocycles. The van der Waals surface area contributed by atoms with Crippen molar-refractivity contribution in [1.82, 2.24) is 0 Å². The maximum Gasteiger partial charge on any atom is 1.00 e. The molecule has 0 saturated carbocycles. The van der Waals surface area contributed by atoms with E-state index in [4.69, 9.17) is 5.11 Å². The van der Waals surface area contributed by atoms with E-state index in [2.05, 4.69) is 0 Å². The van der Waals surface area contributed by atoms with Gasteiger partial charge in [-0.15, -0.1) is 0 Å². The second-order valence-corrected chi connectivity index (χ2v) is 2.33. The van der Waals surface area contributed by atoms with Crippen LogP contribution in [-0.4, -0.2) is 35.1 Å². The van der Waals surface area contributed by atoms with E-state index in [1.165, 1.54) is 0 Å². The number of carbonyl (C=O) groups excluding carboxylic acids is 4. The van der Waals surface area contributed by atoms with Crippen LogP contribution in [0.4, 0.5) is 0 Å². The number of carboxylic acids is 4. The number of carbonyl (C=O) groups is 4. The van der Waals surface area contributed by atoms with Crippen molar-refractivity contribution < 1.29 is 163 Å². The molecule has 9 nitrogen and oxygen atoms in total. The maximum atomic E-state index is 9.58. The average Bonchev–Trinajstić information content (AvgIpc) is 2.00. The van der Waals surface area contributed by atoms with Crippen LogP contribution in [0.2, 0.25) is 0 Å². The molecule has 0 aliphatic rings. The first-order chi connectivity index (χ1) is 7.16. The summed E-state index contributed by atoms with van der Waals surface area (Å²) in [5.41, 5.74) is 0. The van der Waals surface area contributed by atoms with Gasteiger partial charge in [0, 0.05) is 30.7 Å². The van der Waals surface area contributed by atoms with Crippen LogP contribution in [0.25, 0.3) is 0 Å². The Bertz CT molecular complexity index is 284. The largest absolute Gasteiger partial charge is 1.00 e. The molecule has 0 aromatic heterocycles. The third kappa shape index (κ3) is 36.8. The second-order valence-electron chi connectivity index (χ2n) is 2.33. The average molecular weight is 326 g/mol. The third-order valence-electron chi connectivity index (χ3n) is 0.921. The van der Waals surface area contributed by atoms with Gasteiger partial charge in [-0.25, -0.2) is 0 Å². The molecule has 0 radical (unpaired) electrons. The van der Waals surface area contributed by atoms with Crippen LogP contribution in [0.1, 0.15) is 12.8 Å². The molecule has 0 rings (SSSR count). The van der Waals surface area contributed by atoms with Gasteiger partial charge < -0.3 is 44.7 Å². The Morgan fingerprint density at radius 1 is 0.750 bits per heavy atom. The van der Waals surface area contributed by atoms with E-state index in [0.717, 1.165) is 0 Å². The van der Waals surface area contributed by atoms with Crippen molar-refractivity contribution in [1.29, 1.82) is 0 Å². The van der Waals surface area contributed by atoms with Crippen LogP contribution in [-0.2, 0) is 19.2 Å². The Hall–Kier alpha value is 1.84. The van der Waals surface area contributed by atoms with Crippen molar-refractivity contribution in [2.24, 2.45) is 0 Å². The first-order valence-electron chi connectivity index (χ1n) is 3.65. The monoisotopic (exact) mass is 326 g/mol. The molecule has 92 valence electrons. The van der Waals surface area contributed by atoms with Gasteiger partial charge in [0.15, 0.2) is 0 Å². The normalized spacial score (nSPS) is 8.45. The van der Waals surface area contributed by atoms with Gasteiger partial charge in [-0.3, -0.25) is 0 Å². The molecule has 0 aliphatic heterocycles. The molecule has 1 atom stereocenters. The zero-order valence-corrected chi connectivity index (χ0v) is 19.7. The fourth-order valence-electron chi connectivity index (χ4n) is 0.359. The molecule has 13 heteroatoms. The number of hydrogen-bond donors (Lipinski definition) is 1. The number of aliphatic hydroxyl groups is 1. The summed E-state index contributed by atoms with van der Waals surface area (Å²) < 4.78 is 0. The molecule has 0 heterocycles. The minimum atomic E-state index is -1.96. The van der Waals surface area contributed by atoms with Crippen molar-refractivity contribution >= 4 is 23.9 Å². The van der Waals surface area contributed by atoms with Gasteiger partial charge in [-0.1, -0.05) is 0 Å². The summed E-state index contributed by atoms with van der Waals surface area (Å²) in [5, 5.41) is 45.9. The van der Waals surface area contributed by atoms with E-state index in [-0.39, 0.29) is 118 Å². The standard InChI is InChI=1S/C4H6O5.C3H4O4.4Na/c5-2(4(8)9)1-3(6)7;4-2(5)1-3(6)7;;;;/h2,5H,1H2,(H,6,7)(H,8,9);1H2,(H,4,5)(H,6,7);;;;/q;;4*+1/p-4. The van der Waals surface area contributed by atoms with Crippen molar-refractivity contribution in [3.05, 3.63) is 0 Å². The first kappa shape index (κ1) is 37.8. The summed E-state index contributed by atoms with van der Waals surface area (Å²) in [6.07, 6.45) is -3.92. The summed E-state index contributed by atoms with van der Waals surface area (Å²) in [6, 6.07) is 0. The van der Waals surface area contributed by atoms with Crippen LogP contribution >= 0.6 is 0 Å². The van der Waals surface area contributed by atoms with E-state index in [0.29, 0.717) is 0 Å². The Morgan fingerprint density at radius 2 is 1.05 bits per heavy atom. The summed E-state index contributed by atoms with van der Waals surface area (Å²) in [4.78, 5) is 37.7. The van der Waals surface area contributed by atoms with Gasteiger partial charge >= 0.3 is 118 Å². The first-order valence-corrected chi connectivity index (χ1v) is 3.65. The van der Waals surface area contributed by atoms with Crippen LogP contribution in [0.15, 0.2) is 0 Å². The maximum absolute atomic E-state index is 9.58. The van der Waals surface area contributed by atoms with E-state index in [1.807, 2.05) is 0 Å². The fourth-order valence-corrected chi connectivity index (χ4v) is 0.359. The van der Waals surface area contributed by atoms with Crippen LogP contribution in [0, 0.1) is 0 Å². The molecule has 0 aromatic carbocycles. The van der Waals surface area contributed by atoms with E-state index in [1.54, 1.807) is 0 Å². The van der Waals surface area contributed by atoms with Gasteiger partial charge in [-0.05, 0) is 0 Å². The molecule has 1 N–H and O–H groups in total. The van der Waals surface area contributed by atoms with Crippen LogP contribution < -0.4 is 139 Å². The molecule has 0 aromatic rings. The number of hydrogen-bond acceptors (Lipinski definition) is 9. The molecular weight excluding hydrogens is 320 g/mol. The Labute approximate surface area is 202 Å². The summed E-state index contributed by atoms with van der Waals surface area (Å²) in [5.74, 6) is -6.68. The minimum absolute atomic E-state index is 0. The van der Waals surface area contributed by atoms with E-state index < -0.39 is 42.8 Å². The summed E-state index contributed by atoms with van der Waals surface area (Å²) in [7, 11) is 0. The molecule has 20 heavy (non-hydrogen) atoms. The summed E-state index contributed by atoms with van der Waals surface area (Å²) >= 11 is 0. The summed E-state index contributed by atoms with van der Waals surface area (Å²) in [6.45, 7) is 0. The topological polar surface area (TPSA) is 181 Å². The van der Waals surface area contributed by atoms with Crippen molar-refractivity contribution in [3.63, 3.8) is 0 Å². The van der Waals surface area contributed by atoms with Gasteiger partial charge in [0.25, 0.3) is 0 Å². The molecule has 1 unspecified atom stereocenters. The van der Waals surface area contributed by atoms with Gasteiger partial charge in [-0.2, -0.15) is 0 Å². The smallest absolute Gasteiger partial charge is 0.550 e. The number of rotatable bonds is 5. The van der Waals surface area contributed by atoms with E-state index in [9.17, 15) is 39.6 Å². The minimum Gasteiger partial charge on any atom is -0.550 e. The molecule has 0 aliphatic carbocycles. The fraction of sp³-hybridized carbons (Fsp3) is 0.429. The van der Waals surface area contributed by atoms with Crippen LogP contribution in [0.3, 0.4) is 0 Å². The number of aliphatic hydroxyl groups excluding tert-OH is 1. The second kappa shape index (κ2) is 23.1. The van der Waals surface area contributed by atoms with Crippen LogP contribution in [0.5, 0.6) is 0 Å². The third-order valence-corrected chi connectivity index (χ3v) is 0.921. The predicted molar refractivity (Wildman–Crippen MR) is 35.3 cm³/mol. The van der Waals surface area contributed by atoms with E-state index >= 15 is 0 Å². The molecular formula is C7H6Na4O9. The number of carboxylic acid groups (broad SMARTS) is 4. The molecule has 0 fully saturated rings. The van der Waals surface area contributed by atoms with Crippen molar-refractivity contribution in [3.8, 4) is 0 Å². The van der Waals surface area contributed by atoms with Gasteiger partial charge in [0.05, 0.1) is 12.1 Å². The zero-order chi connectivity index (χ0) is 13.3. The van der Waals surface area contributed by atoms with Crippen molar-refractivity contribution in [2.75, 3.05) is 0 Å². The molecule has 0 bridgehead atoms.